The van der Waals surface area contributed by atoms with Gasteiger partial charge in [0.25, 0.3) is 10.1 Å². The van der Waals surface area contributed by atoms with E-state index < -0.39 is 22.7 Å². The number of alkyl halides is 3. The molecule has 0 spiro atoms. The molecule has 0 rings (SSSR count). The minimum Gasteiger partial charge on any atom is -0.311 e. The zero-order valence-corrected chi connectivity index (χ0v) is 19.2. The van der Waals surface area contributed by atoms with Gasteiger partial charge in [-0.2, -0.15) is 21.6 Å². The summed E-state index contributed by atoms with van der Waals surface area (Å²) in [4.78, 5) is 0. The Kier molecular flexibility index (Phi) is 18.6. The molecule has 9 heteroatoms. The van der Waals surface area contributed by atoms with Gasteiger partial charge in [0.2, 0.25) is 0 Å². The summed E-state index contributed by atoms with van der Waals surface area (Å²) in [6, 6.07) is 0. The number of nitrogens with zero attached hydrogens (tertiary/aromatic N) is 1. The number of halogens is 4. The van der Waals surface area contributed by atoms with Gasteiger partial charge in [0.15, 0.2) is 0 Å². The number of rotatable bonds is 18. The highest BCUT2D eigenvalue weighted by atomic mass is 32.2. The summed E-state index contributed by atoms with van der Waals surface area (Å²) in [6.07, 6.45) is 6.67. The molecule has 0 saturated carbocycles. The molecule has 0 saturated heterocycles. The number of hydrogen-bond acceptors (Lipinski definition) is 3. The van der Waals surface area contributed by atoms with E-state index >= 15 is 0 Å². The van der Waals surface area contributed by atoms with Crippen molar-refractivity contribution in [2.24, 2.45) is 0 Å². The lowest BCUT2D eigenvalue weighted by atomic mass is 10.1. The van der Waals surface area contributed by atoms with Gasteiger partial charge < -0.3 is 4.48 Å². The zero-order chi connectivity index (χ0) is 24.2. The van der Waals surface area contributed by atoms with Crippen LogP contribution in [0.25, 0.3) is 0 Å². The van der Waals surface area contributed by atoms with Crippen molar-refractivity contribution in [2.75, 3.05) is 31.9 Å². The third kappa shape index (κ3) is 20.2. The first kappa shape index (κ1) is 31.7. The quantitative estimate of drug-likeness (QED) is 0.0997. The summed E-state index contributed by atoms with van der Waals surface area (Å²) in [7, 11) is -4.03. The fourth-order valence-corrected chi connectivity index (χ4v) is 3.68. The number of hydrogen-bond donors (Lipinski definition) is 0. The van der Waals surface area contributed by atoms with Crippen LogP contribution < -0.4 is 0 Å². The Balaban J connectivity index is 0. The van der Waals surface area contributed by atoms with E-state index in [4.69, 9.17) is 0 Å². The van der Waals surface area contributed by atoms with Gasteiger partial charge in [-0.25, -0.2) is 0 Å². The molecule has 0 radical (unpaired) electrons. The molecule has 0 atom stereocenters. The fourth-order valence-electron chi connectivity index (χ4n) is 3.06. The average molecular weight is 473 g/mol. The van der Waals surface area contributed by atoms with Crippen molar-refractivity contribution < 1.29 is 35.0 Å². The maximum absolute atomic E-state index is 11.8. The van der Waals surface area contributed by atoms with Gasteiger partial charge in [-0.05, 0) is 41.7 Å². The summed E-state index contributed by atoms with van der Waals surface area (Å²) in [5.41, 5.74) is 0. The predicted molar refractivity (Wildman–Crippen MR) is 119 cm³/mol. The fraction of sp³-hybridized carbons (Fsp3) is 0.636. The molecule has 0 aliphatic rings. The van der Waals surface area contributed by atoms with Crippen LogP contribution in [0.5, 0.6) is 0 Å². The Morgan fingerprint density at radius 3 is 1.39 bits per heavy atom. The van der Waals surface area contributed by atoms with Crippen LogP contribution in [0.2, 0.25) is 0 Å². The molecular formula is C22H38F4NO3S+. The third-order valence-electron chi connectivity index (χ3n) is 4.52. The highest BCUT2D eigenvalue weighted by molar-refractivity contribution is 7.86. The van der Waals surface area contributed by atoms with E-state index in [0.717, 1.165) is 43.5 Å². The van der Waals surface area contributed by atoms with E-state index in [1.807, 2.05) is 24.3 Å². The smallest absolute Gasteiger partial charge is 0.311 e. The average Bonchev–Trinajstić information content (AvgIpc) is 2.67. The molecule has 0 aromatic heterocycles. The standard InChI is InChI=1S/C12H20N.C10H18F4O3S/c1-5-9-13(10-6-2,11-7-3)12-8-4;11-10(12,13)8-6-4-2-1-3-5-7-9-18(15,16)17-14/h5-8H,1-4,9-12H2;1-9H2/q+1;. The van der Waals surface area contributed by atoms with Gasteiger partial charge in [0, 0.05) is 6.42 Å². The van der Waals surface area contributed by atoms with Crippen LogP contribution >= 0.6 is 0 Å². The summed E-state index contributed by atoms with van der Waals surface area (Å²) in [6.45, 7) is 18.8. The molecular weight excluding hydrogens is 434 g/mol. The molecule has 0 heterocycles. The number of unbranched alkanes of at least 4 members (excludes halogenated alkanes) is 6. The predicted octanol–water partition coefficient (Wildman–Crippen LogP) is 6.45. The largest absolute Gasteiger partial charge is 0.389 e. The molecule has 0 aliphatic heterocycles. The van der Waals surface area contributed by atoms with Crippen molar-refractivity contribution in [1.29, 1.82) is 0 Å². The van der Waals surface area contributed by atoms with E-state index in [0.29, 0.717) is 25.7 Å². The van der Waals surface area contributed by atoms with E-state index in [9.17, 15) is 26.1 Å². The molecule has 0 unspecified atom stereocenters. The van der Waals surface area contributed by atoms with Gasteiger partial charge in [-0.1, -0.05) is 62.8 Å². The van der Waals surface area contributed by atoms with Crippen LogP contribution in [-0.2, 0) is 14.5 Å². The van der Waals surface area contributed by atoms with Crippen LogP contribution in [0.1, 0.15) is 51.4 Å². The topological polar surface area (TPSA) is 43.4 Å². The van der Waals surface area contributed by atoms with E-state index in [1.54, 1.807) is 0 Å². The molecule has 0 aliphatic carbocycles. The van der Waals surface area contributed by atoms with Crippen LogP contribution in [0.3, 0.4) is 0 Å². The normalized spacial score (nSPS) is 11.9. The molecule has 0 bridgehead atoms. The molecule has 31 heavy (non-hydrogen) atoms. The molecule has 0 amide bonds. The summed E-state index contributed by atoms with van der Waals surface area (Å²) >= 11 is 0. The van der Waals surface area contributed by atoms with E-state index in [1.165, 1.54) is 0 Å². The van der Waals surface area contributed by atoms with Crippen LogP contribution in [0.4, 0.5) is 17.7 Å². The number of quaternary nitrogens is 1. The van der Waals surface area contributed by atoms with Crippen molar-refractivity contribution in [3.8, 4) is 0 Å². The Labute approximate surface area is 185 Å². The van der Waals surface area contributed by atoms with Crippen LogP contribution in [0, 0.1) is 0 Å². The highest BCUT2D eigenvalue weighted by Crippen LogP contribution is 2.23. The molecule has 0 fully saturated rings. The second-order valence-electron chi connectivity index (χ2n) is 7.39. The first-order valence-corrected chi connectivity index (χ1v) is 12.0. The molecule has 0 aromatic carbocycles. The zero-order valence-electron chi connectivity index (χ0n) is 18.4. The van der Waals surface area contributed by atoms with Gasteiger partial charge in [0.1, 0.15) is 0 Å². The second-order valence-corrected chi connectivity index (χ2v) is 9.04. The van der Waals surface area contributed by atoms with Gasteiger partial charge in [0.05, 0.1) is 31.9 Å². The van der Waals surface area contributed by atoms with Crippen molar-refractivity contribution >= 4 is 10.1 Å². The van der Waals surface area contributed by atoms with E-state index in [-0.39, 0.29) is 12.2 Å². The lowest BCUT2D eigenvalue weighted by molar-refractivity contribution is -0.906. The first-order valence-electron chi connectivity index (χ1n) is 10.4. The van der Waals surface area contributed by atoms with Crippen LogP contribution in [0.15, 0.2) is 50.6 Å². The molecule has 0 N–H and O–H groups in total. The summed E-state index contributed by atoms with van der Waals surface area (Å²) < 4.78 is 71.6. The van der Waals surface area contributed by atoms with E-state index in [2.05, 4.69) is 30.7 Å². The molecule has 4 nitrogen and oxygen atoms in total. The summed E-state index contributed by atoms with van der Waals surface area (Å²) in [5.74, 6) is -0.364. The van der Waals surface area contributed by atoms with Gasteiger partial charge in [-0.3, -0.25) is 0 Å². The van der Waals surface area contributed by atoms with Crippen molar-refractivity contribution in [1.82, 2.24) is 0 Å². The Morgan fingerprint density at radius 1 is 0.710 bits per heavy atom. The maximum Gasteiger partial charge on any atom is 0.389 e. The van der Waals surface area contributed by atoms with Crippen molar-refractivity contribution in [3.63, 3.8) is 0 Å². The lowest BCUT2D eigenvalue weighted by Gasteiger charge is -2.35. The van der Waals surface area contributed by atoms with Gasteiger partial charge >= 0.3 is 6.18 Å². The Bertz CT molecular complexity index is 559. The minimum absolute atomic E-state index is 0.133. The second kappa shape index (κ2) is 18.2. The van der Waals surface area contributed by atoms with Crippen molar-refractivity contribution in [2.45, 2.75) is 57.5 Å². The molecule has 182 valence electrons. The lowest BCUT2D eigenvalue weighted by Crippen LogP contribution is -2.48. The third-order valence-corrected chi connectivity index (χ3v) is 5.50. The summed E-state index contributed by atoms with van der Waals surface area (Å²) in [5, 5.41) is 0. The van der Waals surface area contributed by atoms with Crippen LogP contribution in [-0.4, -0.2) is 51.0 Å². The Hall–Kier alpha value is -1.45. The Morgan fingerprint density at radius 2 is 1.06 bits per heavy atom. The molecule has 0 aromatic rings. The van der Waals surface area contributed by atoms with Gasteiger partial charge in [-0.15, -0.1) is 0 Å². The van der Waals surface area contributed by atoms with Crippen molar-refractivity contribution in [3.05, 3.63) is 50.6 Å². The maximum atomic E-state index is 11.8. The highest BCUT2D eigenvalue weighted by Gasteiger charge is 2.25. The minimum atomic E-state index is -4.08. The SMILES string of the molecule is C=CC[N+](CC=C)(CC=C)CC=C.O=S(=O)(CCCCCCCCCC(F)(F)F)OF. The first-order chi connectivity index (χ1) is 14.5. The monoisotopic (exact) mass is 472 g/mol.